The second kappa shape index (κ2) is 7.95. The Hall–Kier alpha value is -2.87. The number of pyridine rings is 1. The van der Waals surface area contributed by atoms with Crippen molar-refractivity contribution in [2.45, 2.75) is 26.7 Å². The smallest absolute Gasteiger partial charge is 0.228 e. The molecule has 23 heavy (non-hydrogen) atoms. The van der Waals surface area contributed by atoms with Crippen LogP contribution in [0.1, 0.15) is 32.3 Å². The van der Waals surface area contributed by atoms with E-state index in [0.29, 0.717) is 11.4 Å². The van der Waals surface area contributed by atoms with Crippen LogP contribution in [-0.4, -0.2) is 10.9 Å². The van der Waals surface area contributed by atoms with E-state index in [9.17, 15) is 4.79 Å². The molecule has 1 amide bonds. The molecule has 118 valence electrons. The number of nitrogens with one attached hydrogen (secondary N) is 2. The highest BCUT2D eigenvalue weighted by atomic mass is 16.1. The summed E-state index contributed by atoms with van der Waals surface area (Å²) in [6.45, 7) is 4.01. The van der Waals surface area contributed by atoms with Gasteiger partial charge in [0.25, 0.3) is 0 Å². The Morgan fingerprint density at radius 2 is 2.00 bits per heavy atom. The first-order valence-electron chi connectivity index (χ1n) is 7.70. The number of benzene rings is 1. The van der Waals surface area contributed by atoms with Crippen molar-refractivity contribution in [1.82, 2.24) is 4.98 Å². The summed E-state index contributed by atoms with van der Waals surface area (Å²) in [6.07, 6.45) is 3.29. The number of rotatable bonds is 6. The molecular formula is C18H20N4O. The van der Waals surface area contributed by atoms with Gasteiger partial charge in [0.15, 0.2) is 0 Å². The molecule has 2 rings (SSSR count). The van der Waals surface area contributed by atoms with Crippen molar-refractivity contribution in [3.63, 3.8) is 0 Å². The number of hydrogen-bond donors (Lipinski definition) is 2. The zero-order chi connectivity index (χ0) is 16.7. The number of hydrogen-bond acceptors (Lipinski definition) is 4. The van der Waals surface area contributed by atoms with Crippen molar-refractivity contribution in [2.75, 3.05) is 10.6 Å². The lowest BCUT2D eigenvalue weighted by atomic mass is 10.0. The molecule has 0 aliphatic rings. The third-order valence-corrected chi connectivity index (χ3v) is 3.65. The van der Waals surface area contributed by atoms with Gasteiger partial charge in [0, 0.05) is 11.6 Å². The van der Waals surface area contributed by atoms with Crippen molar-refractivity contribution in [2.24, 2.45) is 5.92 Å². The normalized spacial score (nSPS) is 10.2. The Bertz CT molecular complexity index is 700. The van der Waals surface area contributed by atoms with Crippen LogP contribution in [-0.2, 0) is 4.79 Å². The summed E-state index contributed by atoms with van der Waals surface area (Å²) >= 11 is 0. The summed E-state index contributed by atoms with van der Waals surface area (Å²) < 4.78 is 0. The van der Waals surface area contributed by atoms with Gasteiger partial charge in [-0.3, -0.25) is 4.79 Å². The van der Waals surface area contributed by atoms with Crippen molar-refractivity contribution < 1.29 is 4.79 Å². The summed E-state index contributed by atoms with van der Waals surface area (Å²) in [4.78, 5) is 16.3. The number of carbonyl (C=O) groups is 1. The number of amides is 1. The monoisotopic (exact) mass is 308 g/mol. The maximum Gasteiger partial charge on any atom is 0.228 e. The molecule has 0 saturated heterocycles. The highest BCUT2D eigenvalue weighted by molar-refractivity contribution is 5.91. The first-order valence-corrected chi connectivity index (χ1v) is 7.70. The minimum atomic E-state index is 0.00457. The van der Waals surface area contributed by atoms with Crippen LogP contribution >= 0.6 is 0 Å². The van der Waals surface area contributed by atoms with Gasteiger partial charge in [-0.05, 0) is 43.2 Å². The number of nitriles is 1. The number of anilines is 3. The topological polar surface area (TPSA) is 77.8 Å². The van der Waals surface area contributed by atoms with Gasteiger partial charge in [-0.1, -0.05) is 19.9 Å². The van der Waals surface area contributed by atoms with Crippen LogP contribution in [0.25, 0.3) is 0 Å². The van der Waals surface area contributed by atoms with Gasteiger partial charge in [-0.2, -0.15) is 5.26 Å². The number of aromatic nitrogens is 1. The molecule has 0 unspecified atom stereocenters. The summed E-state index contributed by atoms with van der Waals surface area (Å²) in [5.74, 6) is 0.562. The van der Waals surface area contributed by atoms with Crippen LogP contribution in [0.2, 0.25) is 0 Å². The quantitative estimate of drug-likeness (QED) is 0.843. The predicted octanol–water partition coefficient (Wildman–Crippen LogP) is 4.07. The molecule has 0 aliphatic carbocycles. The maximum atomic E-state index is 12.0. The summed E-state index contributed by atoms with van der Waals surface area (Å²) in [5.41, 5.74) is 2.21. The fraction of sp³-hybridized carbons (Fsp3) is 0.278. The van der Waals surface area contributed by atoms with Crippen LogP contribution in [0, 0.1) is 17.2 Å². The molecule has 0 bridgehead atoms. The summed E-state index contributed by atoms with van der Waals surface area (Å²) in [5, 5.41) is 14.9. The van der Waals surface area contributed by atoms with Gasteiger partial charge in [0.1, 0.15) is 5.82 Å². The van der Waals surface area contributed by atoms with Gasteiger partial charge in [0.05, 0.1) is 23.5 Å². The van der Waals surface area contributed by atoms with Crippen LogP contribution in [0.5, 0.6) is 0 Å². The lowest BCUT2D eigenvalue weighted by Crippen LogP contribution is -2.22. The first-order chi connectivity index (χ1) is 11.2. The molecule has 1 aromatic heterocycles. The van der Waals surface area contributed by atoms with Gasteiger partial charge in [0.2, 0.25) is 5.91 Å². The van der Waals surface area contributed by atoms with E-state index in [0.717, 1.165) is 24.2 Å². The molecule has 5 nitrogen and oxygen atoms in total. The Balaban J connectivity index is 2.02. The standard InChI is InChI=1S/C18H20N4O/c1-3-14(4-2)18(23)22-17-9-8-16(12-20-17)21-15-7-5-6-13(10-15)11-19/h5-10,12,14,21H,3-4H2,1-2H3,(H,20,22,23). The van der Waals surface area contributed by atoms with E-state index in [1.807, 2.05) is 32.0 Å². The highest BCUT2D eigenvalue weighted by Crippen LogP contribution is 2.18. The first kappa shape index (κ1) is 16.5. The largest absolute Gasteiger partial charge is 0.354 e. The molecule has 2 aromatic rings. The Labute approximate surface area is 136 Å². The van der Waals surface area contributed by atoms with E-state index < -0.39 is 0 Å². The number of carbonyl (C=O) groups excluding carboxylic acids is 1. The zero-order valence-corrected chi connectivity index (χ0v) is 13.3. The molecule has 0 fully saturated rings. The Morgan fingerprint density at radius 3 is 2.61 bits per heavy atom. The molecule has 5 heteroatoms. The zero-order valence-electron chi connectivity index (χ0n) is 13.3. The van der Waals surface area contributed by atoms with Gasteiger partial charge in [-0.15, -0.1) is 0 Å². The summed E-state index contributed by atoms with van der Waals surface area (Å²) in [6, 6.07) is 12.9. The maximum absolute atomic E-state index is 12.0. The van der Waals surface area contributed by atoms with Crippen LogP contribution in [0.15, 0.2) is 42.6 Å². The van der Waals surface area contributed by atoms with Crippen molar-refractivity contribution >= 4 is 23.1 Å². The molecule has 1 aromatic carbocycles. The summed E-state index contributed by atoms with van der Waals surface area (Å²) in [7, 11) is 0. The Kier molecular flexibility index (Phi) is 5.70. The minimum absolute atomic E-state index is 0.00457. The molecule has 0 aliphatic heterocycles. The van der Waals surface area contributed by atoms with Gasteiger partial charge >= 0.3 is 0 Å². The van der Waals surface area contributed by atoms with Crippen LogP contribution in [0.4, 0.5) is 17.2 Å². The predicted molar refractivity (Wildman–Crippen MR) is 91.4 cm³/mol. The molecule has 0 spiro atoms. The van der Waals surface area contributed by atoms with Crippen molar-refractivity contribution in [3.8, 4) is 6.07 Å². The highest BCUT2D eigenvalue weighted by Gasteiger charge is 2.14. The van der Waals surface area contributed by atoms with E-state index >= 15 is 0 Å². The fourth-order valence-electron chi connectivity index (χ4n) is 2.26. The third-order valence-electron chi connectivity index (χ3n) is 3.65. The second-order valence-electron chi connectivity index (χ2n) is 5.25. The second-order valence-corrected chi connectivity index (χ2v) is 5.25. The molecule has 2 N–H and O–H groups in total. The third kappa shape index (κ3) is 4.55. The molecule has 1 heterocycles. The van der Waals surface area contributed by atoms with Crippen molar-refractivity contribution in [1.29, 1.82) is 5.26 Å². The van der Waals surface area contributed by atoms with Gasteiger partial charge in [-0.25, -0.2) is 4.98 Å². The van der Waals surface area contributed by atoms with E-state index in [4.69, 9.17) is 5.26 Å². The molecule has 0 saturated carbocycles. The van der Waals surface area contributed by atoms with E-state index in [-0.39, 0.29) is 11.8 Å². The van der Waals surface area contributed by atoms with Crippen LogP contribution in [0.3, 0.4) is 0 Å². The fourth-order valence-corrected chi connectivity index (χ4v) is 2.26. The minimum Gasteiger partial charge on any atom is -0.354 e. The van der Waals surface area contributed by atoms with Crippen LogP contribution < -0.4 is 10.6 Å². The lowest BCUT2D eigenvalue weighted by molar-refractivity contribution is -0.120. The van der Waals surface area contributed by atoms with E-state index in [1.54, 1.807) is 24.4 Å². The molecule has 0 radical (unpaired) electrons. The van der Waals surface area contributed by atoms with E-state index in [2.05, 4.69) is 21.7 Å². The van der Waals surface area contributed by atoms with E-state index in [1.165, 1.54) is 0 Å². The average Bonchev–Trinajstić information content (AvgIpc) is 2.58. The van der Waals surface area contributed by atoms with Crippen molar-refractivity contribution in [3.05, 3.63) is 48.2 Å². The lowest BCUT2D eigenvalue weighted by Gasteiger charge is -2.12. The molecular weight excluding hydrogens is 288 g/mol. The molecule has 0 atom stereocenters. The average molecular weight is 308 g/mol. The SMILES string of the molecule is CCC(CC)C(=O)Nc1ccc(Nc2cccc(C#N)c2)cn1. The Morgan fingerprint density at radius 1 is 1.22 bits per heavy atom. The van der Waals surface area contributed by atoms with Gasteiger partial charge < -0.3 is 10.6 Å². The number of nitrogens with zero attached hydrogens (tertiary/aromatic N) is 2.